The fourth-order valence-corrected chi connectivity index (χ4v) is 3.69. The number of ether oxygens (including phenoxy) is 1. The van der Waals surface area contributed by atoms with Crippen molar-refractivity contribution < 1.29 is 14.3 Å². The van der Waals surface area contributed by atoms with Crippen molar-refractivity contribution in [3.63, 3.8) is 0 Å². The van der Waals surface area contributed by atoms with Crippen molar-refractivity contribution in [3.8, 4) is 5.75 Å². The van der Waals surface area contributed by atoms with Crippen molar-refractivity contribution in [1.82, 2.24) is 4.90 Å². The number of benzene rings is 2. The predicted octanol–water partition coefficient (Wildman–Crippen LogP) is 4.52. The molecule has 0 spiro atoms. The highest BCUT2D eigenvalue weighted by Crippen LogP contribution is 2.33. The number of anilines is 1. The number of nitrogens with one attached hydrogen (secondary N) is 1. The van der Waals surface area contributed by atoms with Crippen molar-refractivity contribution in [1.29, 1.82) is 0 Å². The zero-order valence-corrected chi connectivity index (χ0v) is 16.0. The summed E-state index contributed by atoms with van der Waals surface area (Å²) in [5, 5.41) is 2.79. The summed E-state index contributed by atoms with van der Waals surface area (Å²) in [5.74, 6) is 0.361. The molecule has 0 bridgehead atoms. The van der Waals surface area contributed by atoms with Gasteiger partial charge in [0, 0.05) is 4.90 Å². The summed E-state index contributed by atoms with van der Waals surface area (Å²) >= 11 is 2.61. The molecule has 1 aliphatic rings. The first kappa shape index (κ1) is 18.4. The lowest BCUT2D eigenvalue weighted by Gasteiger charge is -2.16. The van der Waals surface area contributed by atoms with Gasteiger partial charge in [-0.3, -0.25) is 14.5 Å². The largest absolute Gasteiger partial charge is 0.495 e. The third-order valence-corrected chi connectivity index (χ3v) is 5.47. The molecule has 1 saturated heterocycles. The fourth-order valence-electron chi connectivity index (χ4n) is 2.44. The third-order valence-electron chi connectivity index (χ3n) is 3.82. The number of thioether (sulfide) groups is 2. The van der Waals surface area contributed by atoms with Crippen molar-refractivity contribution >= 4 is 46.4 Å². The van der Waals surface area contributed by atoms with Crippen molar-refractivity contribution in [2.24, 2.45) is 0 Å². The molecule has 1 N–H and O–H groups in total. The van der Waals surface area contributed by atoms with E-state index in [-0.39, 0.29) is 17.8 Å². The van der Waals surface area contributed by atoms with Gasteiger partial charge in [0.25, 0.3) is 11.1 Å². The number of hydrogen-bond acceptors (Lipinski definition) is 6. The zero-order chi connectivity index (χ0) is 18.5. The quantitative estimate of drug-likeness (QED) is 0.582. The lowest BCUT2D eigenvalue weighted by molar-refractivity contribution is -0.122. The smallest absolute Gasteiger partial charge is 0.295 e. The first-order chi connectivity index (χ1) is 12.6. The molecule has 0 atom stereocenters. The molecule has 0 unspecified atom stereocenters. The van der Waals surface area contributed by atoms with Gasteiger partial charge in [0.1, 0.15) is 5.75 Å². The van der Waals surface area contributed by atoms with Crippen LogP contribution in [0.25, 0.3) is 6.08 Å². The Morgan fingerprint density at radius 2 is 1.88 bits per heavy atom. The van der Waals surface area contributed by atoms with Crippen LogP contribution in [0.2, 0.25) is 0 Å². The summed E-state index contributed by atoms with van der Waals surface area (Å²) in [4.78, 5) is 27.5. The molecule has 5 nitrogen and oxygen atoms in total. The summed E-state index contributed by atoms with van der Waals surface area (Å²) in [5.41, 5.74) is 1.62. The van der Waals surface area contributed by atoms with Crippen LogP contribution in [0.4, 0.5) is 10.5 Å². The van der Waals surface area contributed by atoms with E-state index in [1.54, 1.807) is 24.9 Å². The highest BCUT2D eigenvalue weighted by atomic mass is 32.2. The average Bonchev–Trinajstić information content (AvgIpc) is 2.94. The topological polar surface area (TPSA) is 58.6 Å². The molecular formula is C19H18N2O3S2. The van der Waals surface area contributed by atoms with Gasteiger partial charge in [-0.05, 0) is 53.9 Å². The number of imide groups is 1. The van der Waals surface area contributed by atoms with Gasteiger partial charge in [-0.25, -0.2) is 0 Å². The molecule has 0 aromatic heterocycles. The highest BCUT2D eigenvalue weighted by molar-refractivity contribution is 8.18. The Balaban J connectivity index is 1.71. The van der Waals surface area contributed by atoms with Crippen molar-refractivity contribution in [3.05, 3.63) is 59.0 Å². The molecule has 0 aliphatic carbocycles. The average molecular weight is 386 g/mol. The molecular weight excluding hydrogens is 368 g/mol. The van der Waals surface area contributed by atoms with Crippen LogP contribution < -0.4 is 10.1 Å². The Labute approximate surface area is 160 Å². The van der Waals surface area contributed by atoms with Crippen LogP contribution in [0.15, 0.2) is 58.3 Å². The summed E-state index contributed by atoms with van der Waals surface area (Å²) in [7, 11) is 1.58. The summed E-state index contributed by atoms with van der Waals surface area (Å²) in [6, 6.07) is 15.2. The van der Waals surface area contributed by atoms with Gasteiger partial charge in [-0.2, -0.15) is 0 Å². The lowest BCUT2D eigenvalue weighted by atomic mass is 10.2. The number of methoxy groups -OCH3 is 1. The molecule has 1 aliphatic heterocycles. The minimum absolute atomic E-state index is 0.0911. The number of para-hydroxylation sites is 2. The predicted molar refractivity (Wildman–Crippen MR) is 108 cm³/mol. The highest BCUT2D eigenvalue weighted by Gasteiger charge is 2.34. The molecule has 0 saturated carbocycles. The maximum absolute atomic E-state index is 12.6. The number of carbonyl (C=O) groups excluding carboxylic acids is 2. The first-order valence-electron chi connectivity index (χ1n) is 7.88. The van der Waals surface area contributed by atoms with Crippen LogP contribution >= 0.6 is 23.5 Å². The molecule has 2 amide bonds. The summed E-state index contributed by atoms with van der Waals surface area (Å²) in [6.45, 7) is 0.0911. The Kier molecular flexibility index (Phi) is 5.90. The van der Waals surface area contributed by atoms with Gasteiger partial charge < -0.3 is 10.1 Å². The molecule has 2 aromatic rings. The standard InChI is InChI=1S/C19H18N2O3S2/c1-24-16-6-4-3-5-15(16)20-12-21-18(22)17(26-19(21)23)11-13-7-9-14(25-2)10-8-13/h3-11,20H,12H2,1-2H3/b17-11+. The van der Waals surface area contributed by atoms with Crippen LogP contribution in [-0.4, -0.2) is 36.1 Å². The second-order valence-corrected chi connectivity index (χ2v) is 7.29. The van der Waals surface area contributed by atoms with Crippen molar-refractivity contribution in [2.45, 2.75) is 4.90 Å². The first-order valence-corrected chi connectivity index (χ1v) is 9.93. The second-order valence-electron chi connectivity index (χ2n) is 5.42. The van der Waals surface area contributed by atoms with Crippen LogP contribution in [0.3, 0.4) is 0 Å². The molecule has 7 heteroatoms. The van der Waals surface area contributed by atoms with Gasteiger partial charge in [0.2, 0.25) is 0 Å². The van der Waals surface area contributed by atoms with Crippen molar-refractivity contribution in [2.75, 3.05) is 25.4 Å². The van der Waals surface area contributed by atoms with Crippen LogP contribution in [-0.2, 0) is 4.79 Å². The maximum atomic E-state index is 12.6. The van der Waals surface area contributed by atoms with E-state index in [9.17, 15) is 9.59 Å². The van der Waals surface area contributed by atoms with Gasteiger partial charge in [-0.1, -0.05) is 24.3 Å². The normalized spacial score (nSPS) is 15.6. The molecule has 3 rings (SSSR count). The molecule has 26 heavy (non-hydrogen) atoms. The van der Waals surface area contributed by atoms with Crippen LogP contribution in [0.5, 0.6) is 5.75 Å². The minimum Gasteiger partial charge on any atom is -0.495 e. The molecule has 1 fully saturated rings. The SMILES string of the molecule is COc1ccccc1NCN1C(=O)S/C(=C/c2ccc(SC)cc2)C1=O. The third kappa shape index (κ3) is 4.05. The van der Waals surface area contributed by atoms with E-state index < -0.39 is 0 Å². The molecule has 1 heterocycles. The van der Waals surface area contributed by atoms with E-state index in [1.165, 1.54) is 4.90 Å². The van der Waals surface area contributed by atoms with Crippen LogP contribution in [0.1, 0.15) is 5.56 Å². The van der Waals surface area contributed by atoms with E-state index >= 15 is 0 Å². The number of carbonyl (C=O) groups is 2. The Bertz CT molecular complexity index is 850. The van der Waals surface area contributed by atoms with E-state index in [0.717, 1.165) is 27.9 Å². The van der Waals surface area contributed by atoms with Crippen LogP contribution in [0, 0.1) is 0 Å². The Hall–Kier alpha value is -2.38. The zero-order valence-electron chi connectivity index (χ0n) is 14.4. The Morgan fingerprint density at radius 3 is 2.58 bits per heavy atom. The lowest BCUT2D eigenvalue weighted by Crippen LogP contribution is -2.33. The van der Waals surface area contributed by atoms with Gasteiger partial charge >= 0.3 is 0 Å². The van der Waals surface area contributed by atoms with E-state index in [1.807, 2.05) is 54.8 Å². The number of rotatable bonds is 6. The van der Waals surface area contributed by atoms with E-state index in [2.05, 4.69) is 5.32 Å². The second kappa shape index (κ2) is 8.33. The summed E-state index contributed by atoms with van der Waals surface area (Å²) < 4.78 is 5.26. The number of nitrogens with zero attached hydrogens (tertiary/aromatic N) is 1. The minimum atomic E-state index is -0.295. The molecule has 2 aromatic carbocycles. The summed E-state index contributed by atoms with van der Waals surface area (Å²) in [6.07, 6.45) is 3.76. The van der Waals surface area contributed by atoms with E-state index in [4.69, 9.17) is 4.74 Å². The fraction of sp³-hybridized carbons (Fsp3) is 0.158. The number of amides is 2. The molecule has 0 radical (unpaired) electrons. The van der Waals surface area contributed by atoms with Gasteiger partial charge in [0.15, 0.2) is 0 Å². The molecule has 134 valence electrons. The monoisotopic (exact) mass is 386 g/mol. The van der Waals surface area contributed by atoms with E-state index in [0.29, 0.717) is 10.7 Å². The van der Waals surface area contributed by atoms with Gasteiger partial charge in [0.05, 0.1) is 24.4 Å². The van der Waals surface area contributed by atoms with Gasteiger partial charge in [-0.15, -0.1) is 11.8 Å². The number of hydrogen-bond donors (Lipinski definition) is 1. The maximum Gasteiger partial charge on any atom is 0.295 e. The Morgan fingerprint density at radius 1 is 1.15 bits per heavy atom.